The van der Waals surface area contributed by atoms with E-state index < -0.39 is 17.6 Å². The van der Waals surface area contributed by atoms with Gasteiger partial charge in [-0.15, -0.1) is 0 Å². The van der Waals surface area contributed by atoms with E-state index in [1.807, 2.05) is 0 Å². The second-order valence-corrected chi connectivity index (χ2v) is 5.09. The molecule has 4 nitrogen and oxygen atoms in total. The number of alkyl halides is 3. The van der Waals surface area contributed by atoms with Crippen LogP contribution in [-0.2, 0) is 11.0 Å². The van der Waals surface area contributed by atoms with Crippen LogP contribution in [0.5, 0.6) is 5.75 Å². The van der Waals surface area contributed by atoms with E-state index in [1.165, 1.54) is 12.1 Å². The highest BCUT2D eigenvalue weighted by Crippen LogP contribution is 2.30. The van der Waals surface area contributed by atoms with Gasteiger partial charge < -0.3 is 10.1 Å². The van der Waals surface area contributed by atoms with Gasteiger partial charge in [0.1, 0.15) is 5.75 Å². The summed E-state index contributed by atoms with van der Waals surface area (Å²) >= 11 is 4.90. The molecule has 0 fully saturated rings. The smallest absolute Gasteiger partial charge is 0.416 e. The van der Waals surface area contributed by atoms with Crippen LogP contribution < -0.4 is 15.4 Å². The lowest BCUT2D eigenvalue weighted by Gasteiger charge is -2.12. The van der Waals surface area contributed by atoms with E-state index >= 15 is 0 Å². The highest BCUT2D eigenvalue weighted by molar-refractivity contribution is 7.80. The van der Waals surface area contributed by atoms with Gasteiger partial charge in [0.25, 0.3) is 5.91 Å². The van der Waals surface area contributed by atoms with Crippen LogP contribution in [0.2, 0.25) is 0 Å². The third kappa shape index (κ3) is 5.54. The SMILES string of the molecule is O=C(COc1ccccc1)NC(=S)Nc1cccc(C(F)(F)F)c1. The maximum absolute atomic E-state index is 12.6. The predicted octanol–water partition coefficient (Wildman–Crippen LogP) is 3.60. The number of para-hydroxylation sites is 1. The number of thiocarbonyl (C=S) groups is 1. The monoisotopic (exact) mass is 354 g/mol. The van der Waals surface area contributed by atoms with Crippen LogP contribution in [0.15, 0.2) is 54.6 Å². The molecule has 2 aromatic rings. The molecule has 24 heavy (non-hydrogen) atoms. The molecule has 0 bridgehead atoms. The molecular formula is C16H13F3N2O2S. The van der Waals surface area contributed by atoms with Crippen LogP contribution in [0.1, 0.15) is 5.56 Å². The molecule has 2 aromatic carbocycles. The average Bonchev–Trinajstić information content (AvgIpc) is 2.53. The summed E-state index contributed by atoms with van der Waals surface area (Å²) in [6, 6.07) is 13.2. The fourth-order valence-corrected chi connectivity index (χ4v) is 2.00. The molecule has 0 saturated heterocycles. The number of halogens is 3. The Labute approximate surface area is 141 Å². The van der Waals surface area contributed by atoms with Crippen LogP contribution in [0.4, 0.5) is 18.9 Å². The molecular weight excluding hydrogens is 341 g/mol. The van der Waals surface area contributed by atoms with E-state index in [9.17, 15) is 18.0 Å². The number of benzene rings is 2. The van der Waals surface area contributed by atoms with Gasteiger partial charge in [-0.2, -0.15) is 13.2 Å². The summed E-state index contributed by atoms with van der Waals surface area (Å²) in [5.74, 6) is -0.00673. The Morgan fingerprint density at radius 1 is 1.08 bits per heavy atom. The van der Waals surface area contributed by atoms with Gasteiger partial charge >= 0.3 is 6.18 Å². The summed E-state index contributed by atoms with van der Waals surface area (Å²) in [6.07, 6.45) is -4.45. The van der Waals surface area contributed by atoms with E-state index in [4.69, 9.17) is 17.0 Å². The van der Waals surface area contributed by atoms with E-state index in [-0.39, 0.29) is 17.4 Å². The highest BCUT2D eigenvalue weighted by atomic mass is 32.1. The Bertz CT molecular complexity index is 721. The molecule has 1 amide bonds. The predicted molar refractivity (Wildman–Crippen MR) is 87.7 cm³/mol. The summed E-state index contributed by atoms with van der Waals surface area (Å²) in [5, 5.41) is 4.74. The number of rotatable bonds is 4. The fraction of sp³-hybridized carbons (Fsp3) is 0.125. The van der Waals surface area contributed by atoms with Gasteiger partial charge in [-0.25, -0.2) is 0 Å². The molecule has 0 unspecified atom stereocenters. The van der Waals surface area contributed by atoms with Gasteiger partial charge in [0.15, 0.2) is 11.7 Å². The first kappa shape index (κ1) is 17.7. The number of nitrogens with one attached hydrogen (secondary N) is 2. The van der Waals surface area contributed by atoms with E-state index in [0.29, 0.717) is 5.75 Å². The van der Waals surface area contributed by atoms with E-state index in [1.54, 1.807) is 30.3 Å². The van der Waals surface area contributed by atoms with Crippen LogP contribution in [-0.4, -0.2) is 17.6 Å². The first-order chi connectivity index (χ1) is 11.3. The molecule has 0 aliphatic heterocycles. The largest absolute Gasteiger partial charge is 0.484 e. The minimum absolute atomic E-state index is 0.115. The van der Waals surface area contributed by atoms with E-state index in [0.717, 1.165) is 12.1 Å². The molecule has 0 aliphatic rings. The van der Waals surface area contributed by atoms with Crippen molar-refractivity contribution in [2.45, 2.75) is 6.18 Å². The van der Waals surface area contributed by atoms with Crippen molar-refractivity contribution in [2.24, 2.45) is 0 Å². The Kier molecular flexibility index (Phi) is 5.75. The Hall–Kier alpha value is -2.61. The lowest BCUT2D eigenvalue weighted by atomic mass is 10.2. The first-order valence-corrected chi connectivity index (χ1v) is 7.21. The van der Waals surface area contributed by atoms with Gasteiger partial charge in [0.05, 0.1) is 5.56 Å². The van der Waals surface area contributed by atoms with Crippen molar-refractivity contribution in [3.8, 4) is 5.75 Å². The van der Waals surface area contributed by atoms with Gasteiger partial charge in [-0.1, -0.05) is 24.3 Å². The molecule has 0 spiro atoms. The maximum atomic E-state index is 12.6. The minimum Gasteiger partial charge on any atom is -0.484 e. The van der Waals surface area contributed by atoms with Crippen molar-refractivity contribution in [1.82, 2.24) is 5.32 Å². The van der Waals surface area contributed by atoms with Crippen LogP contribution in [0.3, 0.4) is 0 Å². The number of amides is 1. The molecule has 126 valence electrons. The lowest BCUT2D eigenvalue weighted by Crippen LogP contribution is -2.37. The van der Waals surface area contributed by atoms with Gasteiger partial charge in [-0.3, -0.25) is 10.1 Å². The molecule has 0 heterocycles. The number of hydrogen-bond acceptors (Lipinski definition) is 3. The van der Waals surface area contributed by atoms with Gasteiger partial charge in [-0.05, 0) is 42.5 Å². The minimum atomic E-state index is -4.45. The molecule has 0 saturated carbocycles. The highest BCUT2D eigenvalue weighted by Gasteiger charge is 2.30. The normalized spacial score (nSPS) is 10.8. The van der Waals surface area contributed by atoms with Crippen LogP contribution in [0, 0.1) is 0 Å². The molecule has 8 heteroatoms. The summed E-state index contributed by atoms with van der Waals surface area (Å²) < 4.78 is 43.1. The van der Waals surface area contributed by atoms with Crippen molar-refractivity contribution in [3.05, 3.63) is 60.2 Å². The number of hydrogen-bond donors (Lipinski definition) is 2. The second kappa shape index (κ2) is 7.78. The summed E-state index contributed by atoms with van der Waals surface area (Å²) in [7, 11) is 0. The Morgan fingerprint density at radius 3 is 2.46 bits per heavy atom. The zero-order valence-electron chi connectivity index (χ0n) is 12.3. The van der Waals surface area contributed by atoms with Crippen LogP contribution >= 0.6 is 12.2 Å². The molecule has 0 aromatic heterocycles. The Balaban J connectivity index is 1.85. The summed E-state index contributed by atoms with van der Waals surface area (Å²) in [4.78, 5) is 11.7. The standard InChI is InChI=1S/C16H13F3N2O2S/c17-16(18,19)11-5-4-6-12(9-11)20-15(24)21-14(22)10-23-13-7-2-1-3-8-13/h1-9H,10H2,(H2,20,21,22,24). The van der Waals surface area contributed by atoms with E-state index in [2.05, 4.69) is 10.6 Å². The third-order valence-corrected chi connectivity index (χ3v) is 3.02. The first-order valence-electron chi connectivity index (χ1n) is 6.80. The third-order valence-electron chi connectivity index (χ3n) is 2.81. The maximum Gasteiger partial charge on any atom is 0.416 e. The van der Waals surface area contributed by atoms with Gasteiger partial charge in [0, 0.05) is 5.69 Å². The fourth-order valence-electron chi connectivity index (χ4n) is 1.76. The number of anilines is 1. The van der Waals surface area contributed by atoms with Crippen molar-refractivity contribution in [1.29, 1.82) is 0 Å². The van der Waals surface area contributed by atoms with Crippen molar-refractivity contribution in [2.75, 3.05) is 11.9 Å². The topological polar surface area (TPSA) is 50.4 Å². The number of ether oxygens (including phenoxy) is 1. The van der Waals surface area contributed by atoms with Crippen LogP contribution in [0.25, 0.3) is 0 Å². The van der Waals surface area contributed by atoms with Gasteiger partial charge in [0.2, 0.25) is 0 Å². The van der Waals surface area contributed by atoms with Crippen molar-refractivity contribution >= 4 is 28.9 Å². The van der Waals surface area contributed by atoms with Crippen molar-refractivity contribution < 1.29 is 22.7 Å². The number of carbonyl (C=O) groups excluding carboxylic acids is 1. The quantitative estimate of drug-likeness (QED) is 0.824. The molecule has 0 radical (unpaired) electrons. The molecule has 2 N–H and O–H groups in total. The zero-order valence-corrected chi connectivity index (χ0v) is 13.1. The zero-order chi connectivity index (χ0) is 17.6. The molecule has 0 atom stereocenters. The summed E-state index contributed by atoms with van der Waals surface area (Å²) in [5.41, 5.74) is -0.687. The molecule has 2 rings (SSSR count). The lowest BCUT2D eigenvalue weighted by molar-refractivity contribution is -0.137. The second-order valence-electron chi connectivity index (χ2n) is 4.68. The summed E-state index contributed by atoms with van der Waals surface area (Å²) in [6.45, 7) is -0.269. The molecule has 0 aliphatic carbocycles. The van der Waals surface area contributed by atoms with Crippen molar-refractivity contribution in [3.63, 3.8) is 0 Å². The Morgan fingerprint density at radius 2 is 1.79 bits per heavy atom. The number of carbonyl (C=O) groups is 1. The average molecular weight is 354 g/mol.